The van der Waals surface area contributed by atoms with Crippen LogP contribution in [0.2, 0.25) is 0 Å². The van der Waals surface area contributed by atoms with E-state index in [4.69, 9.17) is 9.47 Å². The first-order valence-electron chi connectivity index (χ1n) is 13.9. The van der Waals surface area contributed by atoms with Crippen LogP contribution in [-0.4, -0.2) is 62.3 Å². The molecule has 1 spiro atoms. The van der Waals surface area contributed by atoms with Crippen molar-refractivity contribution in [2.45, 2.75) is 128 Å². The second-order valence-electron chi connectivity index (χ2n) is 14.7. The molecule has 0 radical (unpaired) electrons. The summed E-state index contributed by atoms with van der Waals surface area (Å²) in [5.74, 6) is -0.417. The van der Waals surface area contributed by atoms with E-state index in [9.17, 15) is 20.1 Å². The number of fused-ring (bicyclic) bond motifs is 4. The molecule has 6 nitrogen and oxygen atoms in total. The number of allylic oxidation sites excluding steroid dienone is 2. The lowest BCUT2D eigenvalue weighted by Crippen LogP contribution is -2.57. The summed E-state index contributed by atoms with van der Waals surface area (Å²) in [5, 5.41) is 34.1. The van der Waals surface area contributed by atoms with Crippen LogP contribution in [0.3, 0.4) is 0 Å². The van der Waals surface area contributed by atoms with Crippen molar-refractivity contribution < 1.29 is 29.6 Å². The molecule has 6 rings (SSSR count). The molecule has 3 heterocycles. The average molecular weight is 501 g/mol. The lowest BCUT2D eigenvalue weighted by atomic mass is 9.51. The molecular formula is C30H44O6. The van der Waals surface area contributed by atoms with Crippen LogP contribution in [0.15, 0.2) is 23.3 Å². The number of ether oxygens (including phenoxy) is 2. The minimum absolute atomic E-state index is 0.0947. The molecule has 3 N–H and O–H groups in total. The third-order valence-electron chi connectivity index (χ3n) is 11.9. The highest BCUT2D eigenvalue weighted by molar-refractivity contribution is 5.96. The van der Waals surface area contributed by atoms with Crippen molar-refractivity contribution in [2.75, 3.05) is 0 Å². The summed E-state index contributed by atoms with van der Waals surface area (Å²) in [4.78, 5) is 13.9. The Balaban J connectivity index is 1.45. The third-order valence-corrected chi connectivity index (χ3v) is 11.9. The van der Waals surface area contributed by atoms with Gasteiger partial charge in [0.2, 0.25) is 0 Å². The van der Waals surface area contributed by atoms with Crippen LogP contribution in [0, 0.1) is 28.1 Å². The molecule has 0 unspecified atom stereocenters. The normalized spacial score (nSPS) is 53.4. The van der Waals surface area contributed by atoms with Crippen LogP contribution >= 0.6 is 0 Å². The Morgan fingerprint density at radius 1 is 1.03 bits per heavy atom. The van der Waals surface area contributed by atoms with Gasteiger partial charge in [0.1, 0.15) is 0 Å². The first-order chi connectivity index (χ1) is 16.5. The lowest BCUT2D eigenvalue weighted by molar-refractivity contribution is -0.180. The maximum Gasteiger partial charge on any atom is 0.162 e. The van der Waals surface area contributed by atoms with Crippen LogP contribution in [0.25, 0.3) is 0 Å². The van der Waals surface area contributed by atoms with E-state index in [0.717, 1.165) is 24.0 Å². The predicted octanol–water partition coefficient (Wildman–Crippen LogP) is 3.86. The van der Waals surface area contributed by atoms with E-state index in [0.29, 0.717) is 25.7 Å². The smallest absolute Gasteiger partial charge is 0.162 e. The molecule has 4 fully saturated rings. The third kappa shape index (κ3) is 2.89. The molecule has 6 aliphatic rings. The van der Waals surface area contributed by atoms with E-state index in [1.54, 1.807) is 13.8 Å². The van der Waals surface area contributed by atoms with E-state index < -0.39 is 39.8 Å². The van der Waals surface area contributed by atoms with Crippen molar-refractivity contribution >= 4 is 5.78 Å². The summed E-state index contributed by atoms with van der Waals surface area (Å²) in [6.07, 6.45) is 6.40. The monoisotopic (exact) mass is 500 g/mol. The first kappa shape index (κ1) is 25.2. The van der Waals surface area contributed by atoms with Gasteiger partial charge in [-0.1, -0.05) is 33.8 Å². The van der Waals surface area contributed by atoms with Crippen molar-refractivity contribution in [3.8, 4) is 0 Å². The van der Waals surface area contributed by atoms with Crippen LogP contribution in [0.4, 0.5) is 0 Å². The second kappa shape index (κ2) is 7.12. The van der Waals surface area contributed by atoms with Gasteiger partial charge in [0.25, 0.3) is 0 Å². The van der Waals surface area contributed by atoms with E-state index >= 15 is 0 Å². The average Bonchev–Trinajstić information content (AvgIpc) is 3.42. The molecule has 36 heavy (non-hydrogen) atoms. The van der Waals surface area contributed by atoms with Crippen molar-refractivity contribution in [2.24, 2.45) is 28.1 Å². The summed E-state index contributed by atoms with van der Waals surface area (Å²) in [5.41, 5.74) is -1.77. The Bertz CT molecular complexity index is 1070. The molecule has 3 aliphatic carbocycles. The van der Waals surface area contributed by atoms with Gasteiger partial charge in [0.05, 0.1) is 47.1 Å². The molecular weight excluding hydrogens is 456 g/mol. The van der Waals surface area contributed by atoms with Crippen molar-refractivity contribution in [3.63, 3.8) is 0 Å². The van der Waals surface area contributed by atoms with Crippen molar-refractivity contribution in [1.82, 2.24) is 0 Å². The van der Waals surface area contributed by atoms with Crippen LogP contribution in [0.5, 0.6) is 0 Å². The van der Waals surface area contributed by atoms with Crippen LogP contribution in [0.1, 0.15) is 87.0 Å². The highest BCUT2D eigenvalue weighted by atomic mass is 16.5. The van der Waals surface area contributed by atoms with Gasteiger partial charge in [-0.15, -0.1) is 0 Å². The van der Waals surface area contributed by atoms with Crippen molar-refractivity contribution in [3.05, 3.63) is 23.3 Å². The molecule has 0 aromatic heterocycles. The van der Waals surface area contributed by atoms with E-state index in [1.807, 2.05) is 19.1 Å². The SMILES string of the molecule is CC(C)(O)[C@@H]1CC[C@](C)([C@H]2[C@@H](O)C[C@@]3(C)C4=CC(=O)[C@H]5C(C)(C)[C@@H]6CC[C@@]5(CC4=C[C@H](O)[C@]23C)O6)O1. The minimum Gasteiger partial charge on any atom is -0.393 e. The summed E-state index contributed by atoms with van der Waals surface area (Å²) in [6, 6.07) is 0. The lowest BCUT2D eigenvalue weighted by Gasteiger charge is -2.54. The summed E-state index contributed by atoms with van der Waals surface area (Å²) >= 11 is 0. The van der Waals surface area contributed by atoms with Gasteiger partial charge in [0, 0.05) is 28.6 Å². The summed E-state index contributed by atoms with van der Waals surface area (Å²) in [7, 11) is 0. The Kier molecular flexibility index (Phi) is 4.99. The molecule has 3 saturated heterocycles. The Morgan fingerprint density at radius 3 is 2.36 bits per heavy atom. The van der Waals surface area contributed by atoms with Gasteiger partial charge in [0.15, 0.2) is 5.78 Å². The number of hydrogen-bond donors (Lipinski definition) is 3. The zero-order valence-corrected chi connectivity index (χ0v) is 22.9. The Labute approximate surface area is 215 Å². The number of hydrogen-bond acceptors (Lipinski definition) is 6. The number of ketones is 1. The molecule has 0 aromatic rings. The van der Waals surface area contributed by atoms with E-state index in [2.05, 4.69) is 27.7 Å². The number of carbonyl (C=O) groups is 1. The molecule has 1 saturated carbocycles. The first-order valence-corrected chi connectivity index (χ1v) is 13.9. The fraction of sp³-hybridized carbons (Fsp3) is 0.833. The molecule has 10 atom stereocenters. The standard InChI is InChI=1S/C30H44O6/c1-25(2)21-9-11-30(36-21)14-16-12-20(33)29(7)24(28(6)10-8-22(35-28)26(3,4)34)19(32)15-27(29,5)17(16)13-18(31)23(25)30/h12-13,19-24,32-34H,8-11,14-15H2,1-7H3/t19-,20-,21-,22-,23-,24+,27-,28+,29+,30-/m0/s1. The molecule has 0 amide bonds. The fourth-order valence-electron chi connectivity index (χ4n) is 10.0. The van der Waals surface area contributed by atoms with Gasteiger partial charge < -0.3 is 24.8 Å². The van der Waals surface area contributed by atoms with Gasteiger partial charge in [-0.3, -0.25) is 4.79 Å². The quantitative estimate of drug-likeness (QED) is 0.533. The fourth-order valence-corrected chi connectivity index (χ4v) is 10.0. The number of aliphatic hydroxyl groups is 3. The largest absolute Gasteiger partial charge is 0.393 e. The van der Waals surface area contributed by atoms with E-state index in [-0.39, 0.29) is 35.2 Å². The topological polar surface area (TPSA) is 96.2 Å². The number of rotatable bonds is 2. The molecule has 2 bridgehead atoms. The Morgan fingerprint density at radius 2 is 1.72 bits per heavy atom. The Hall–Kier alpha value is -1.05. The summed E-state index contributed by atoms with van der Waals surface area (Å²) < 4.78 is 13.1. The van der Waals surface area contributed by atoms with Gasteiger partial charge >= 0.3 is 0 Å². The van der Waals surface area contributed by atoms with Crippen LogP contribution < -0.4 is 0 Å². The van der Waals surface area contributed by atoms with Gasteiger partial charge in [-0.2, -0.15) is 0 Å². The zero-order valence-electron chi connectivity index (χ0n) is 22.9. The maximum atomic E-state index is 13.9. The van der Waals surface area contributed by atoms with Gasteiger partial charge in [-0.05, 0) is 70.1 Å². The maximum absolute atomic E-state index is 13.9. The predicted molar refractivity (Wildman–Crippen MR) is 135 cm³/mol. The van der Waals surface area contributed by atoms with Gasteiger partial charge in [-0.25, -0.2) is 0 Å². The highest BCUT2D eigenvalue weighted by Crippen LogP contribution is 2.71. The molecule has 0 aromatic carbocycles. The number of aliphatic hydroxyl groups excluding tert-OH is 2. The minimum atomic E-state index is -0.983. The second-order valence-corrected chi connectivity index (χ2v) is 14.7. The molecule has 200 valence electrons. The number of carbonyl (C=O) groups excluding carboxylic acids is 1. The summed E-state index contributed by atoms with van der Waals surface area (Å²) in [6.45, 7) is 14.1. The van der Waals surface area contributed by atoms with Crippen LogP contribution in [-0.2, 0) is 14.3 Å². The van der Waals surface area contributed by atoms with E-state index in [1.165, 1.54) is 0 Å². The van der Waals surface area contributed by atoms with Crippen molar-refractivity contribution in [1.29, 1.82) is 0 Å². The zero-order chi connectivity index (χ0) is 26.3. The molecule has 3 aliphatic heterocycles. The highest BCUT2D eigenvalue weighted by Gasteiger charge is 2.72. The molecule has 6 heteroatoms.